The number of thiocarbonyl (C=S) groups is 1. The Bertz CT molecular complexity index is 836. The van der Waals surface area contributed by atoms with E-state index >= 15 is 0 Å². The first-order valence-electron chi connectivity index (χ1n) is 8.96. The molecule has 1 saturated carbocycles. The smallest absolute Gasteiger partial charge is 0.252 e. The van der Waals surface area contributed by atoms with Crippen LogP contribution in [0.3, 0.4) is 0 Å². The molecule has 5 heteroatoms. The topological polar surface area (TPSA) is 39.3 Å². The number of para-hydroxylation sites is 1. The van der Waals surface area contributed by atoms with Crippen LogP contribution in [0.25, 0.3) is 10.9 Å². The molecule has 3 heterocycles. The van der Waals surface area contributed by atoms with Gasteiger partial charge in [0.25, 0.3) is 5.91 Å². The van der Waals surface area contributed by atoms with Gasteiger partial charge in [0, 0.05) is 29.1 Å². The molecule has 2 aromatic rings. The van der Waals surface area contributed by atoms with Gasteiger partial charge >= 0.3 is 0 Å². The second-order valence-corrected chi connectivity index (χ2v) is 7.62. The number of hydrogen-bond donors (Lipinski definition) is 1. The van der Waals surface area contributed by atoms with Gasteiger partial charge in [-0.25, -0.2) is 0 Å². The monoisotopic (exact) mass is 339 g/mol. The van der Waals surface area contributed by atoms with Crippen molar-refractivity contribution in [3.05, 3.63) is 35.5 Å². The minimum absolute atomic E-state index is 0.105. The number of aromatic nitrogens is 1. The van der Waals surface area contributed by atoms with Gasteiger partial charge in [-0.1, -0.05) is 37.5 Å². The van der Waals surface area contributed by atoms with E-state index in [1.54, 1.807) is 0 Å². The van der Waals surface area contributed by atoms with Gasteiger partial charge in [-0.15, -0.1) is 0 Å². The van der Waals surface area contributed by atoms with E-state index in [0.29, 0.717) is 6.04 Å². The molecule has 1 aliphatic carbocycles. The number of benzene rings is 1. The summed E-state index contributed by atoms with van der Waals surface area (Å²) in [5.74, 6) is 0.225. The summed E-state index contributed by atoms with van der Waals surface area (Å²) in [6.07, 6.45) is 6.68. The largest absolute Gasteiger partial charge is 0.357 e. The van der Waals surface area contributed by atoms with Gasteiger partial charge in [0.05, 0.1) is 6.54 Å². The van der Waals surface area contributed by atoms with E-state index in [1.807, 2.05) is 11.0 Å². The summed E-state index contributed by atoms with van der Waals surface area (Å²) in [4.78, 5) is 20.7. The molecule has 2 aliphatic heterocycles. The molecule has 1 N–H and O–H groups in total. The Morgan fingerprint density at radius 1 is 1.12 bits per heavy atom. The van der Waals surface area contributed by atoms with Crippen LogP contribution in [0, 0.1) is 0 Å². The zero-order valence-corrected chi connectivity index (χ0v) is 14.4. The maximum Gasteiger partial charge on any atom is 0.252 e. The average Bonchev–Trinajstić information content (AvgIpc) is 3.10. The first-order valence-corrected chi connectivity index (χ1v) is 9.37. The normalized spacial score (nSPS) is 24.6. The quantitative estimate of drug-likeness (QED) is 0.810. The fraction of sp³-hybridized carbons (Fsp3) is 0.474. The number of carbonyl (C=O) groups is 1. The minimum atomic E-state index is -0.105. The summed E-state index contributed by atoms with van der Waals surface area (Å²) in [5.41, 5.74) is 3.67. The first kappa shape index (κ1) is 14.5. The number of hydrogen-bond acceptors (Lipinski definition) is 2. The lowest BCUT2D eigenvalue weighted by atomic mass is 9.93. The highest BCUT2D eigenvalue weighted by molar-refractivity contribution is 7.80. The summed E-state index contributed by atoms with van der Waals surface area (Å²) in [5, 5.41) is 2.00. The Morgan fingerprint density at radius 2 is 1.92 bits per heavy atom. The summed E-state index contributed by atoms with van der Waals surface area (Å²) >= 11 is 5.72. The number of rotatable bonds is 1. The minimum Gasteiger partial charge on any atom is -0.357 e. The molecule has 0 unspecified atom stereocenters. The van der Waals surface area contributed by atoms with Crippen molar-refractivity contribution >= 4 is 34.1 Å². The summed E-state index contributed by atoms with van der Waals surface area (Å²) in [6.45, 7) is 0.725. The Balaban J connectivity index is 1.50. The third kappa shape index (κ3) is 1.97. The van der Waals surface area contributed by atoms with Crippen LogP contribution in [-0.2, 0) is 17.8 Å². The molecule has 3 aliphatic rings. The van der Waals surface area contributed by atoms with Crippen LogP contribution in [0.1, 0.15) is 43.4 Å². The maximum absolute atomic E-state index is 13.1. The molecule has 1 amide bonds. The Labute approximate surface area is 146 Å². The second-order valence-electron chi connectivity index (χ2n) is 7.26. The van der Waals surface area contributed by atoms with Crippen LogP contribution in [-0.4, -0.2) is 37.9 Å². The molecule has 0 radical (unpaired) electrons. The van der Waals surface area contributed by atoms with Crippen LogP contribution >= 0.6 is 12.2 Å². The van der Waals surface area contributed by atoms with E-state index < -0.39 is 0 Å². The van der Waals surface area contributed by atoms with Crippen molar-refractivity contribution in [2.75, 3.05) is 0 Å². The summed E-state index contributed by atoms with van der Waals surface area (Å²) in [7, 11) is 0. The molecule has 0 bridgehead atoms. The highest BCUT2D eigenvalue weighted by Gasteiger charge is 2.47. The van der Waals surface area contributed by atoms with Crippen molar-refractivity contribution in [3.8, 4) is 0 Å². The SMILES string of the molecule is O=C1[C@@H]2Cc3c([nH]c4ccccc34)CN2C(=S)N1C1CCCCC1. The lowest BCUT2D eigenvalue weighted by Gasteiger charge is -2.31. The highest BCUT2D eigenvalue weighted by atomic mass is 32.1. The van der Waals surface area contributed by atoms with E-state index in [2.05, 4.69) is 28.1 Å². The van der Waals surface area contributed by atoms with Crippen LogP contribution in [0.15, 0.2) is 24.3 Å². The maximum atomic E-state index is 13.1. The fourth-order valence-electron chi connectivity index (χ4n) is 4.70. The average molecular weight is 339 g/mol. The molecule has 4 nitrogen and oxygen atoms in total. The van der Waals surface area contributed by atoms with Crippen LogP contribution < -0.4 is 0 Å². The predicted molar refractivity (Wildman–Crippen MR) is 97.7 cm³/mol. The van der Waals surface area contributed by atoms with Crippen LogP contribution in [0.5, 0.6) is 0 Å². The van der Waals surface area contributed by atoms with Crippen molar-refractivity contribution in [1.82, 2.24) is 14.8 Å². The molecule has 0 spiro atoms. The Morgan fingerprint density at radius 3 is 2.75 bits per heavy atom. The van der Waals surface area contributed by atoms with E-state index in [-0.39, 0.29) is 11.9 Å². The molecule has 24 heavy (non-hydrogen) atoms. The highest BCUT2D eigenvalue weighted by Crippen LogP contribution is 2.36. The van der Waals surface area contributed by atoms with Gasteiger partial charge in [-0.3, -0.25) is 9.69 Å². The molecular weight excluding hydrogens is 318 g/mol. The number of aromatic amines is 1. The van der Waals surface area contributed by atoms with Crippen LogP contribution in [0.4, 0.5) is 0 Å². The predicted octanol–water partition coefficient (Wildman–Crippen LogP) is 3.35. The number of nitrogens with one attached hydrogen (secondary N) is 1. The Hall–Kier alpha value is -1.88. The van der Waals surface area contributed by atoms with E-state index in [9.17, 15) is 4.79 Å². The van der Waals surface area contributed by atoms with E-state index in [4.69, 9.17) is 12.2 Å². The van der Waals surface area contributed by atoms with Gasteiger partial charge in [0.1, 0.15) is 6.04 Å². The number of amides is 1. The standard InChI is InChI=1S/C19H21N3OS/c23-18-17-10-14-13-8-4-5-9-15(13)20-16(14)11-21(17)19(24)22(18)12-6-2-1-3-7-12/h4-5,8-9,12,17,20H,1-3,6-7,10-11H2/t17-/m0/s1. The third-order valence-corrected chi connectivity index (χ3v) is 6.35. The van der Waals surface area contributed by atoms with E-state index in [0.717, 1.165) is 36.4 Å². The first-order chi connectivity index (χ1) is 11.7. The van der Waals surface area contributed by atoms with Gasteiger partial charge in [-0.05, 0) is 36.7 Å². The van der Waals surface area contributed by atoms with Gasteiger partial charge in [0.15, 0.2) is 5.11 Å². The number of H-pyrrole nitrogens is 1. The molecule has 124 valence electrons. The molecule has 1 saturated heterocycles. The van der Waals surface area contributed by atoms with Crippen molar-refractivity contribution in [2.45, 2.75) is 57.2 Å². The van der Waals surface area contributed by atoms with Gasteiger partial charge in [-0.2, -0.15) is 0 Å². The number of fused-ring (bicyclic) bond motifs is 4. The van der Waals surface area contributed by atoms with E-state index in [1.165, 1.54) is 35.9 Å². The zero-order valence-electron chi connectivity index (χ0n) is 13.6. The van der Waals surface area contributed by atoms with Crippen molar-refractivity contribution in [1.29, 1.82) is 0 Å². The second kappa shape index (κ2) is 5.31. The molecule has 1 aromatic heterocycles. The zero-order chi connectivity index (χ0) is 16.3. The lowest BCUT2D eigenvalue weighted by molar-refractivity contribution is -0.130. The van der Waals surface area contributed by atoms with Gasteiger partial charge in [0.2, 0.25) is 0 Å². The van der Waals surface area contributed by atoms with Crippen molar-refractivity contribution in [3.63, 3.8) is 0 Å². The van der Waals surface area contributed by atoms with Gasteiger partial charge < -0.3 is 9.88 Å². The van der Waals surface area contributed by atoms with Crippen LogP contribution in [0.2, 0.25) is 0 Å². The number of nitrogens with zero attached hydrogens (tertiary/aromatic N) is 2. The fourth-order valence-corrected chi connectivity index (χ4v) is 5.13. The number of carbonyl (C=O) groups excluding carboxylic acids is 1. The Kier molecular flexibility index (Phi) is 3.20. The lowest BCUT2D eigenvalue weighted by Crippen LogP contribution is -2.42. The summed E-state index contributed by atoms with van der Waals surface area (Å²) < 4.78 is 0. The molecular formula is C19H21N3OS. The molecule has 2 fully saturated rings. The molecule has 5 rings (SSSR count). The molecule has 1 aromatic carbocycles. The molecule has 1 atom stereocenters. The van der Waals surface area contributed by atoms with Crippen molar-refractivity contribution < 1.29 is 4.79 Å². The third-order valence-electron chi connectivity index (χ3n) is 5.92. The van der Waals surface area contributed by atoms with Crippen molar-refractivity contribution in [2.24, 2.45) is 0 Å². The summed E-state index contributed by atoms with van der Waals surface area (Å²) in [6, 6.07) is 8.58.